The molecule has 146 valence electrons. The maximum Gasteiger partial charge on any atom is 0.444 e. The van der Waals surface area contributed by atoms with Crippen molar-refractivity contribution in [3.8, 4) is 0 Å². The number of carbonyl (C=O) groups excluding carboxylic acids is 2. The van der Waals surface area contributed by atoms with Gasteiger partial charge in [-0.3, -0.25) is 0 Å². The van der Waals surface area contributed by atoms with Crippen molar-refractivity contribution >= 4 is 22.2 Å². The third-order valence-electron chi connectivity index (χ3n) is 2.71. The zero-order valence-electron chi connectivity index (χ0n) is 16.1. The summed E-state index contributed by atoms with van der Waals surface area (Å²) in [6.45, 7) is 11.4. The molecular weight excluding hydrogens is 360 g/mol. The van der Waals surface area contributed by atoms with E-state index in [2.05, 4.69) is 0 Å². The van der Waals surface area contributed by atoms with Crippen LogP contribution in [0.25, 0.3) is 0 Å². The van der Waals surface area contributed by atoms with E-state index in [1.54, 1.807) is 60.6 Å². The Balaban J connectivity index is 3.24. The number of hydrogen-bond acceptors (Lipinski definition) is 6. The first-order valence-electron chi connectivity index (χ1n) is 7.96. The molecular formula is C17H26N2O6S. The number of benzene rings is 1. The fourth-order valence-corrected chi connectivity index (χ4v) is 2.83. The van der Waals surface area contributed by atoms with Crippen LogP contribution in [0.4, 0.5) is 9.59 Å². The fourth-order valence-electron chi connectivity index (χ4n) is 1.71. The maximum absolute atomic E-state index is 12.8. The van der Waals surface area contributed by atoms with Gasteiger partial charge in [-0.1, -0.05) is 17.7 Å². The Morgan fingerprint density at radius 3 is 1.81 bits per heavy atom. The minimum atomic E-state index is -4.39. The molecule has 1 aromatic carbocycles. The molecule has 8 nitrogen and oxygen atoms in total. The van der Waals surface area contributed by atoms with E-state index in [1.807, 2.05) is 5.43 Å². The number of amides is 2. The largest absolute Gasteiger partial charge is 0.444 e. The van der Waals surface area contributed by atoms with E-state index in [0.29, 0.717) is 0 Å². The van der Waals surface area contributed by atoms with Gasteiger partial charge in [0.05, 0.1) is 4.90 Å². The first-order valence-corrected chi connectivity index (χ1v) is 9.40. The van der Waals surface area contributed by atoms with Crippen LogP contribution in [0.2, 0.25) is 0 Å². The summed E-state index contributed by atoms with van der Waals surface area (Å²) in [7, 11) is -4.39. The minimum absolute atomic E-state index is 0.150. The zero-order chi connectivity index (χ0) is 20.3. The van der Waals surface area contributed by atoms with E-state index in [9.17, 15) is 18.0 Å². The van der Waals surface area contributed by atoms with E-state index < -0.39 is 33.4 Å². The number of nitrogens with zero attached hydrogens (tertiary/aromatic N) is 1. The average Bonchev–Trinajstić information content (AvgIpc) is 2.41. The monoisotopic (exact) mass is 386 g/mol. The van der Waals surface area contributed by atoms with Gasteiger partial charge in [0, 0.05) is 0 Å². The molecule has 0 saturated heterocycles. The Morgan fingerprint density at radius 2 is 1.38 bits per heavy atom. The summed E-state index contributed by atoms with van der Waals surface area (Å²) < 4.78 is 35.9. The molecule has 1 N–H and O–H groups in total. The van der Waals surface area contributed by atoms with E-state index >= 15 is 0 Å². The van der Waals surface area contributed by atoms with Gasteiger partial charge in [0.15, 0.2) is 0 Å². The van der Waals surface area contributed by atoms with Crippen LogP contribution >= 0.6 is 0 Å². The predicted octanol–water partition coefficient (Wildman–Crippen LogP) is 3.36. The summed E-state index contributed by atoms with van der Waals surface area (Å²) in [6, 6.07) is 5.82. The Kier molecular flexibility index (Phi) is 6.30. The van der Waals surface area contributed by atoms with Gasteiger partial charge in [0.1, 0.15) is 11.2 Å². The number of hydrogen-bond donors (Lipinski definition) is 1. The molecule has 0 fully saturated rings. The molecule has 0 bridgehead atoms. The highest BCUT2D eigenvalue weighted by atomic mass is 32.2. The molecule has 0 aliphatic rings. The highest BCUT2D eigenvalue weighted by Crippen LogP contribution is 2.19. The summed E-state index contributed by atoms with van der Waals surface area (Å²) in [5.74, 6) is 0. The van der Waals surface area contributed by atoms with Gasteiger partial charge in [-0.25, -0.2) is 15.0 Å². The molecule has 9 heteroatoms. The van der Waals surface area contributed by atoms with E-state index in [4.69, 9.17) is 9.47 Å². The Morgan fingerprint density at radius 1 is 0.923 bits per heavy atom. The molecule has 0 heterocycles. The van der Waals surface area contributed by atoms with Crippen molar-refractivity contribution in [1.29, 1.82) is 0 Å². The van der Waals surface area contributed by atoms with Crippen molar-refractivity contribution in [2.75, 3.05) is 0 Å². The van der Waals surface area contributed by atoms with Crippen LogP contribution in [0.5, 0.6) is 0 Å². The molecule has 0 radical (unpaired) electrons. The number of ether oxygens (including phenoxy) is 2. The normalized spacial score (nSPS) is 12.3. The number of sulfonamides is 1. The van der Waals surface area contributed by atoms with Crippen molar-refractivity contribution in [3.05, 3.63) is 29.8 Å². The van der Waals surface area contributed by atoms with E-state index in [-0.39, 0.29) is 9.31 Å². The quantitative estimate of drug-likeness (QED) is 0.782. The van der Waals surface area contributed by atoms with Crippen molar-refractivity contribution in [2.24, 2.45) is 0 Å². The zero-order valence-corrected chi connectivity index (χ0v) is 16.9. The lowest BCUT2D eigenvalue weighted by Crippen LogP contribution is -2.52. The molecule has 0 aliphatic carbocycles. The highest BCUT2D eigenvalue weighted by molar-refractivity contribution is 7.89. The first-order chi connectivity index (χ1) is 11.6. The summed E-state index contributed by atoms with van der Waals surface area (Å²) >= 11 is 0. The Labute approximate surface area is 154 Å². The van der Waals surface area contributed by atoms with Crippen molar-refractivity contribution in [1.82, 2.24) is 9.84 Å². The number of nitrogens with one attached hydrogen (secondary N) is 1. The molecule has 0 atom stereocenters. The van der Waals surface area contributed by atoms with E-state index in [0.717, 1.165) is 5.56 Å². The molecule has 1 rings (SSSR count). The number of rotatable bonds is 2. The molecule has 26 heavy (non-hydrogen) atoms. The standard InChI is InChI=1S/C17H26N2O6S/c1-12-8-10-13(11-9-12)26(22,23)19(15(21)25-17(5,6)7)18-14(20)24-16(2,3)4/h8-11H,1-7H3,(H,18,20). The number of hydrazine groups is 1. The fraction of sp³-hybridized carbons (Fsp3) is 0.529. The van der Waals surface area contributed by atoms with Crippen LogP contribution in [0.1, 0.15) is 47.1 Å². The summed E-state index contributed by atoms with van der Waals surface area (Å²) in [5, 5.41) is 0. The second kappa shape index (κ2) is 7.53. The van der Waals surface area contributed by atoms with Gasteiger partial charge in [-0.2, -0.15) is 8.42 Å². The van der Waals surface area contributed by atoms with Crippen molar-refractivity contribution in [3.63, 3.8) is 0 Å². The highest BCUT2D eigenvalue weighted by Gasteiger charge is 2.36. The van der Waals surface area contributed by atoms with Crippen LogP contribution in [0.15, 0.2) is 29.2 Å². The third kappa shape index (κ3) is 6.55. The Hall–Kier alpha value is -2.29. The Bertz CT molecular complexity index is 758. The first kappa shape index (κ1) is 21.8. The van der Waals surface area contributed by atoms with Crippen LogP contribution in [-0.2, 0) is 19.5 Å². The predicted molar refractivity (Wildman–Crippen MR) is 95.8 cm³/mol. The smallest absolute Gasteiger partial charge is 0.443 e. The summed E-state index contributed by atoms with van der Waals surface area (Å²) in [5.41, 5.74) is 0.957. The lowest BCUT2D eigenvalue weighted by Gasteiger charge is -2.28. The third-order valence-corrected chi connectivity index (χ3v) is 4.30. The van der Waals surface area contributed by atoms with Crippen LogP contribution in [0, 0.1) is 6.92 Å². The van der Waals surface area contributed by atoms with Gasteiger partial charge in [-0.15, -0.1) is 4.41 Å². The molecule has 0 unspecified atom stereocenters. The molecule has 0 spiro atoms. The summed E-state index contributed by atoms with van der Waals surface area (Å²) in [4.78, 5) is 24.2. The maximum atomic E-state index is 12.8. The molecule has 0 aliphatic heterocycles. The molecule has 0 aromatic heterocycles. The summed E-state index contributed by atoms with van der Waals surface area (Å²) in [6.07, 6.45) is -2.34. The minimum Gasteiger partial charge on any atom is -0.443 e. The number of aryl methyl sites for hydroxylation is 1. The topological polar surface area (TPSA) is 102 Å². The van der Waals surface area contributed by atoms with Crippen LogP contribution in [-0.4, -0.2) is 36.2 Å². The van der Waals surface area contributed by atoms with Gasteiger partial charge in [0.25, 0.3) is 10.0 Å². The SMILES string of the molecule is Cc1ccc(S(=O)(=O)N(NC(=O)OC(C)(C)C)C(=O)OC(C)(C)C)cc1. The molecule has 0 saturated carbocycles. The average molecular weight is 386 g/mol. The van der Waals surface area contributed by atoms with Crippen LogP contribution in [0.3, 0.4) is 0 Å². The van der Waals surface area contributed by atoms with Gasteiger partial charge in [-0.05, 0) is 60.6 Å². The van der Waals surface area contributed by atoms with Crippen molar-refractivity contribution in [2.45, 2.75) is 64.6 Å². The lowest BCUT2D eigenvalue weighted by atomic mass is 10.2. The van der Waals surface area contributed by atoms with Gasteiger partial charge in [0.2, 0.25) is 0 Å². The van der Waals surface area contributed by atoms with Crippen LogP contribution < -0.4 is 5.43 Å². The lowest BCUT2D eigenvalue weighted by molar-refractivity contribution is 0.0190. The molecule has 1 aromatic rings. The van der Waals surface area contributed by atoms with Gasteiger partial charge >= 0.3 is 12.2 Å². The van der Waals surface area contributed by atoms with E-state index in [1.165, 1.54) is 12.1 Å². The molecule has 2 amide bonds. The second-order valence-electron chi connectivity index (χ2n) is 7.68. The second-order valence-corrected chi connectivity index (χ2v) is 9.46. The van der Waals surface area contributed by atoms with Crippen molar-refractivity contribution < 1.29 is 27.5 Å². The number of carbonyl (C=O) groups is 2. The van der Waals surface area contributed by atoms with Gasteiger partial charge < -0.3 is 9.47 Å².